The van der Waals surface area contributed by atoms with Crippen molar-refractivity contribution in [3.05, 3.63) is 95.1 Å². The van der Waals surface area contributed by atoms with Crippen molar-refractivity contribution in [3.63, 3.8) is 0 Å². The predicted molar refractivity (Wildman–Crippen MR) is 178 cm³/mol. The Morgan fingerprint density at radius 1 is 0.932 bits per heavy atom. The summed E-state index contributed by atoms with van der Waals surface area (Å²) in [5, 5.41) is 12.9. The molecule has 0 saturated heterocycles. The molecule has 3 aromatic rings. The van der Waals surface area contributed by atoms with Gasteiger partial charge in [-0.2, -0.15) is 11.8 Å². The molecule has 0 bridgehead atoms. The van der Waals surface area contributed by atoms with Crippen LogP contribution >= 0.6 is 11.8 Å². The Morgan fingerprint density at radius 3 is 2.36 bits per heavy atom. The molecule has 2 amide bonds. The van der Waals surface area contributed by atoms with Gasteiger partial charge >= 0.3 is 5.97 Å². The van der Waals surface area contributed by atoms with Gasteiger partial charge in [-0.3, -0.25) is 9.59 Å². The van der Waals surface area contributed by atoms with Crippen LogP contribution in [0.5, 0.6) is 0 Å². The molecule has 44 heavy (non-hydrogen) atoms. The van der Waals surface area contributed by atoms with Crippen LogP contribution in [0.3, 0.4) is 0 Å². The highest BCUT2D eigenvalue weighted by Gasteiger charge is 2.61. The van der Waals surface area contributed by atoms with Crippen LogP contribution in [0.25, 0.3) is 11.1 Å². The third-order valence-corrected chi connectivity index (χ3v) is 10.1. The maximum Gasteiger partial charge on any atom is 0.329 e. The second kappa shape index (κ2) is 14.5. The van der Waals surface area contributed by atoms with Crippen LogP contribution in [0.4, 0.5) is 0 Å². The molecule has 2 N–H and O–H groups in total. The van der Waals surface area contributed by atoms with E-state index in [2.05, 4.69) is 11.4 Å². The van der Waals surface area contributed by atoms with Crippen LogP contribution in [0.2, 0.25) is 0 Å². The van der Waals surface area contributed by atoms with Gasteiger partial charge in [0.25, 0.3) is 5.91 Å². The van der Waals surface area contributed by atoms with E-state index in [9.17, 15) is 19.5 Å². The zero-order valence-corrected chi connectivity index (χ0v) is 26.7. The molecular weight excluding hydrogens is 568 g/mol. The van der Waals surface area contributed by atoms with Gasteiger partial charge in [0.1, 0.15) is 5.54 Å². The highest BCUT2D eigenvalue weighted by atomic mass is 32.2. The number of aliphatic carboxylic acids is 1. The molecule has 5 rings (SSSR count). The largest absolute Gasteiger partial charge is 0.479 e. The number of carbonyl (C=O) groups is 3. The van der Waals surface area contributed by atoms with E-state index in [0.717, 1.165) is 34.4 Å². The molecule has 2 aliphatic carbocycles. The number of carbonyl (C=O) groups excluding carboxylic acids is 2. The molecule has 2 aliphatic rings. The van der Waals surface area contributed by atoms with Crippen molar-refractivity contribution in [1.29, 1.82) is 0 Å². The van der Waals surface area contributed by atoms with Crippen LogP contribution in [0, 0.1) is 18.8 Å². The van der Waals surface area contributed by atoms with Crippen LogP contribution < -0.4 is 5.32 Å². The molecule has 2 atom stereocenters. The average Bonchev–Trinajstić information content (AvgIpc) is 3.73. The molecule has 0 spiro atoms. The van der Waals surface area contributed by atoms with Gasteiger partial charge in [0.2, 0.25) is 5.91 Å². The van der Waals surface area contributed by atoms with Crippen molar-refractivity contribution >= 4 is 29.5 Å². The molecule has 2 fully saturated rings. The molecule has 2 unspecified atom stereocenters. The van der Waals surface area contributed by atoms with Gasteiger partial charge in [0.15, 0.2) is 0 Å². The van der Waals surface area contributed by atoms with Crippen molar-refractivity contribution < 1.29 is 19.5 Å². The van der Waals surface area contributed by atoms with Crippen LogP contribution in [0.1, 0.15) is 65.6 Å². The zero-order valence-electron chi connectivity index (χ0n) is 25.9. The number of rotatable bonds is 13. The number of benzene rings is 3. The lowest BCUT2D eigenvalue weighted by Gasteiger charge is -2.30. The summed E-state index contributed by atoms with van der Waals surface area (Å²) in [5.41, 5.74) is 4.10. The molecule has 2 saturated carbocycles. The van der Waals surface area contributed by atoms with E-state index in [1.54, 1.807) is 11.8 Å². The molecule has 7 heteroatoms. The molecule has 0 radical (unpaired) electrons. The SMILES string of the molecule is CSCC1CC1(NC(=O)c1ccc(CCN(CC2CCCCC2)C(=O)Cc2ccccc2)cc1-c1ccccc1C)C(=O)O. The van der Waals surface area contributed by atoms with E-state index >= 15 is 0 Å². The van der Waals surface area contributed by atoms with Gasteiger partial charge < -0.3 is 15.3 Å². The predicted octanol–water partition coefficient (Wildman–Crippen LogP) is 6.79. The summed E-state index contributed by atoms with van der Waals surface area (Å²) >= 11 is 1.60. The lowest BCUT2D eigenvalue weighted by Crippen LogP contribution is -2.45. The highest BCUT2D eigenvalue weighted by molar-refractivity contribution is 7.98. The number of nitrogens with zero attached hydrogens (tertiary/aromatic N) is 1. The Morgan fingerprint density at radius 2 is 1.66 bits per heavy atom. The first-order valence-electron chi connectivity index (χ1n) is 15.9. The topological polar surface area (TPSA) is 86.7 Å². The van der Waals surface area contributed by atoms with Crippen LogP contribution in [0.15, 0.2) is 72.8 Å². The summed E-state index contributed by atoms with van der Waals surface area (Å²) in [5.74, 6) is -0.0361. The fraction of sp³-hybridized carbons (Fsp3) is 0.432. The maximum atomic E-state index is 13.7. The Labute approximate surface area is 265 Å². The van der Waals surface area contributed by atoms with Crippen molar-refractivity contribution in [3.8, 4) is 11.1 Å². The molecule has 0 aromatic heterocycles. The zero-order chi connectivity index (χ0) is 31.1. The van der Waals surface area contributed by atoms with E-state index in [0.29, 0.717) is 43.0 Å². The fourth-order valence-electron chi connectivity index (χ4n) is 6.66. The van der Waals surface area contributed by atoms with Gasteiger partial charge in [-0.1, -0.05) is 86.0 Å². The summed E-state index contributed by atoms with van der Waals surface area (Å²) in [6.07, 6.45) is 9.55. The van der Waals surface area contributed by atoms with Gasteiger partial charge in [-0.05, 0) is 84.4 Å². The first-order valence-corrected chi connectivity index (χ1v) is 17.3. The summed E-state index contributed by atoms with van der Waals surface area (Å²) in [6, 6.07) is 23.7. The highest BCUT2D eigenvalue weighted by Crippen LogP contribution is 2.46. The molecule has 3 aromatic carbocycles. The van der Waals surface area contributed by atoms with Crippen LogP contribution in [-0.4, -0.2) is 58.4 Å². The minimum atomic E-state index is -1.21. The Bertz CT molecular complexity index is 1470. The van der Waals surface area contributed by atoms with Crippen LogP contribution in [-0.2, 0) is 22.4 Å². The second-order valence-corrected chi connectivity index (χ2v) is 13.4. The van der Waals surface area contributed by atoms with E-state index in [1.165, 1.54) is 32.1 Å². The summed E-state index contributed by atoms with van der Waals surface area (Å²) < 4.78 is 0. The number of thioether (sulfide) groups is 1. The number of aryl methyl sites for hydroxylation is 1. The van der Waals surface area contributed by atoms with Gasteiger partial charge in [0.05, 0.1) is 6.42 Å². The summed E-state index contributed by atoms with van der Waals surface area (Å²) in [6.45, 7) is 3.41. The molecular formula is C37H44N2O4S. The summed E-state index contributed by atoms with van der Waals surface area (Å²) in [7, 11) is 0. The quantitative estimate of drug-likeness (QED) is 0.222. The van der Waals surface area contributed by atoms with Crippen molar-refractivity contribution in [2.75, 3.05) is 25.1 Å². The number of carboxylic acids is 1. The lowest BCUT2D eigenvalue weighted by atomic mass is 9.88. The third-order valence-electron chi connectivity index (χ3n) is 9.38. The molecule has 0 heterocycles. The van der Waals surface area contributed by atoms with E-state index < -0.39 is 11.5 Å². The van der Waals surface area contributed by atoms with Gasteiger partial charge in [0, 0.05) is 24.6 Å². The minimum absolute atomic E-state index is 0.0799. The third kappa shape index (κ3) is 7.55. The van der Waals surface area contributed by atoms with E-state index in [1.807, 2.05) is 84.8 Å². The first kappa shape index (κ1) is 31.8. The van der Waals surface area contributed by atoms with Crippen molar-refractivity contribution in [1.82, 2.24) is 10.2 Å². The minimum Gasteiger partial charge on any atom is -0.479 e. The number of amides is 2. The Hall–Kier alpha value is -3.58. The van der Waals surface area contributed by atoms with Gasteiger partial charge in [-0.15, -0.1) is 0 Å². The van der Waals surface area contributed by atoms with E-state index in [-0.39, 0.29) is 17.7 Å². The number of hydrogen-bond acceptors (Lipinski definition) is 4. The maximum absolute atomic E-state index is 13.7. The monoisotopic (exact) mass is 612 g/mol. The van der Waals surface area contributed by atoms with Gasteiger partial charge in [-0.25, -0.2) is 4.79 Å². The standard InChI is InChI=1S/C37H44N2O4S/c1-26-11-9-10-16-31(26)33-21-28(17-18-32(33)35(41)38-37(36(42)43)23-30(37)25-44-2)19-20-39(24-29-14-7-4-8-15-29)34(40)22-27-12-5-3-6-13-27/h3,5-6,9-13,16-18,21,29-30H,4,7-8,14-15,19-20,22-25H2,1-2H3,(H,38,41)(H,42,43). The normalized spacial score (nSPS) is 19.7. The summed E-state index contributed by atoms with van der Waals surface area (Å²) in [4.78, 5) is 41.5. The fourth-order valence-corrected chi connectivity index (χ4v) is 7.46. The molecule has 0 aliphatic heterocycles. The molecule has 232 valence electrons. The number of carboxylic acid groups (broad SMARTS) is 1. The smallest absolute Gasteiger partial charge is 0.329 e. The molecule has 6 nitrogen and oxygen atoms in total. The lowest BCUT2D eigenvalue weighted by molar-refractivity contribution is -0.140. The number of nitrogens with one attached hydrogen (secondary N) is 1. The average molecular weight is 613 g/mol. The Balaban J connectivity index is 1.38. The van der Waals surface area contributed by atoms with E-state index in [4.69, 9.17) is 0 Å². The number of hydrogen-bond donors (Lipinski definition) is 2. The first-order chi connectivity index (χ1) is 21.3. The van der Waals surface area contributed by atoms with Crippen molar-refractivity contribution in [2.45, 2.75) is 63.8 Å². The Kier molecular flexibility index (Phi) is 10.5. The van der Waals surface area contributed by atoms with Crippen molar-refractivity contribution in [2.24, 2.45) is 11.8 Å². The second-order valence-electron chi connectivity index (χ2n) is 12.5.